The number of likely N-dealkylation sites (N-methyl/N-ethyl adjacent to an activating group) is 2. The van der Waals surface area contributed by atoms with E-state index in [1.807, 2.05) is 6.92 Å². The molecule has 7 nitrogen and oxygen atoms in total. The summed E-state index contributed by atoms with van der Waals surface area (Å²) in [5.74, 6) is -1.09. The van der Waals surface area contributed by atoms with Crippen LogP contribution in [0, 0.1) is 22.9 Å². The second-order valence-corrected chi connectivity index (χ2v) is 7.71. The van der Waals surface area contributed by atoms with Gasteiger partial charge in [0.2, 0.25) is 0 Å². The number of rotatable bonds is 5. The maximum Gasteiger partial charge on any atom is 0.276 e. The summed E-state index contributed by atoms with van der Waals surface area (Å²) in [7, 11) is 3.05. The lowest BCUT2D eigenvalue weighted by atomic mass is 9.82. The van der Waals surface area contributed by atoms with Gasteiger partial charge in [0.15, 0.2) is 0 Å². The summed E-state index contributed by atoms with van der Waals surface area (Å²) in [6.07, 6.45) is 1.99. The first-order chi connectivity index (χ1) is 14.6. The third-order valence-corrected chi connectivity index (χ3v) is 6.00. The maximum absolute atomic E-state index is 13.5. The van der Waals surface area contributed by atoms with Gasteiger partial charge in [-0.2, -0.15) is 0 Å². The standard InChI is InChI=1S/C23H24FN3O4/c1-5-23(14-16-9-11-17(24)12-10-16)22(29)25(3)20(21(28)26(23)4)13-18-15(2)7-6-8-19(18)27(30)31/h6-13H,5,14H2,1-4H3. The zero-order valence-corrected chi connectivity index (χ0v) is 17.9. The Labute approximate surface area is 179 Å². The SMILES string of the molecule is CCC1(Cc2ccc(F)cc2)C(=O)N(C)C(=Cc2c(C)cccc2[N+](=O)[O-])C(=O)N1C. The van der Waals surface area contributed by atoms with Crippen LogP contribution in [-0.2, 0) is 16.0 Å². The van der Waals surface area contributed by atoms with Crippen LogP contribution in [0.1, 0.15) is 30.0 Å². The number of carbonyl (C=O) groups excluding carboxylic acids is 2. The van der Waals surface area contributed by atoms with Crippen molar-refractivity contribution >= 4 is 23.6 Å². The number of hydrogen-bond donors (Lipinski definition) is 0. The molecule has 1 heterocycles. The average molecular weight is 425 g/mol. The van der Waals surface area contributed by atoms with E-state index in [4.69, 9.17) is 0 Å². The Balaban J connectivity index is 2.07. The fourth-order valence-corrected chi connectivity index (χ4v) is 4.03. The Morgan fingerprint density at radius 3 is 2.35 bits per heavy atom. The predicted octanol–water partition coefficient (Wildman–Crippen LogP) is 3.71. The summed E-state index contributed by atoms with van der Waals surface area (Å²) < 4.78 is 13.3. The van der Waals surface area contributed by atoms with Gasteiger partial charge in [0, 0.05) is 26.6 Å². The lowest BCUT2D eigenvalue weighted by Gasteiger charge is -2.47. The fraction of sp³-hybridized carbons (Fsp3) is 0.304. The highest BCUT2D eigenvalue weighted by Gasteiger charge is 2.50. The fourth-order valence-electron chi connectivity index (χ4n) is 4.03. The number of nitrogens with zero attached hydrogens (tertiary/aromatic N) is 3. The van der Waals surface area contributed by atoms with Crippen molar-refractivity contribution in [3.05, 3.63) is 80.8 Å². The Kier molecular flexibility index (Phi) is 5.92. The van der Waals surface area contributed by atoms with Gasteiger partial charge in [-0.15, -0.1) is 0 Å². The molecule has 2 aromatic carbocycles. The average Bonchev–Trinajstić information content (AvgIpc) is 2.75. The molecule has 0 bridgehead atoms. The third-order valence-electron chi connectivity index (χ3n) is 6.00. The number of carbonyl (C=O) groups is 2. The molecule has 1 atom stereocenters. The van der Waals surface area contributed by atoms with Gasteiger partial charge in [-0.25, -0.2) is 4.39 Å². The second kappa shape index (κ2) is 8.29. The molecule has 2 aromatic rings. The summed E-state index contributed by atoms with van der Waals surface area (Å²) >= 11 is 0. The molecule has 8 heteroatoms. The van der Waals surface area contributed by atoms with Crippen molar-refractivity contribution in [2.24, 2.45) is 0 Å². The monoisotopic (exact) mass is 425 g/mol. The van der Waals surface area contributed by atoms with E-state index in [1.54, 1.807) is 38.2 Å². The van der Waals surface area contributed by atoms with Gasteiger partial charge >= 0.3 is 0 Å². The zero-order valence-electron chi connectivity index (χ0n) is 17.9. The zero-order chi connectivity index (χ0) is 22.9. The molecule has 0 saturated carbocycles. The van der Waals surface area contributed by atoms with Crippen LogP contribution in [0.2, 0.25) is 0 Å². The summed E-state index contributed by atoms with van der Waals surface area (Å²) in [5, 5.41) is 11.5. The van der Waals surface area contributed by atoms with Crippen molar-refractivity contribution < 1.29 is 18.9 Å². The smallest absolute Gasteiger partial charge is 0.276 e. The third kappa shape index (κ3) is 3.81. The van der Waals surface area contributed by atoms with E-state index >= 15 is 0 Å². The Morgan fingerprint density at radius 1 is 1.13 bits per heavy atom. The molecular weight excluding hydrogens is 401 g/mol. The Morgan fingerprint density at radius 2 is 1.77 bits per heavy atom. The van der Waals surface area contributed by atoms with E-state index in [1.165, 1.54) is 41.1 Å². The number of amides is 2. The minimum absolute atomic E-state index is 0.0630. The molecule has 2 amide bonds. The van der Waals surface area contributed by atoms with E-state index in [2.05, 4.69) is 0 Å². The van der Waals surface area contributed by atoms with Gasteiger partial charge in [0.05, 0.1) is 10.5 Å². The minimum atomic E-state index is -1.14. The molecule has 162 valence electrons. The van der Waals surface area contributed by atoms with Gasteiger partial charge in [-0.1, -0.05) is 31.2 Å². The summed E-state index contributed by atoms with van der Waals surface area (Å²) in [4.78, 5) is 40.4. The largest absolute Gasteiger partial charge is 0.325 e. The molecular formula is C23H24FN3O4. The summed E-state index contributed by atoms with van der Waals surface area (Å²) in [6, 6.07) is 10.5. The highest BCUT2D eigenvalue weighted by atomic mass is 19.1. The summed E-state index contributed by atoms with van der Waals surface area (Å²) in [6.45, 7) is 3.53. The van der Waals surface area contributed by atoms with Crippen LogP contribution in [0.3, 0.4) is 0 Å². The number of aryl methyl sites for hydroxylation is 1. The van der Waals surface area contributed by atoms with Crippen LogP contribution >= 0.6 is 0 Å². The molecule has 1 aliphatic rings. The number of halogens is 1. The van der Waals surface area contributed by atoms with E-state index in [0.717, 1.165) is 5.56 Å². The van der Waals surface area contributed by atoms with Crippen molar-refractivity contribution in [2.75, 3.05) is 14.1 Å². The van der Waals surface area contributed by atoms with Gasteiger partial charge in [0.25, 0.3) is 17.5 Å². The molecule has 3 rings (SSSR count). The van der Waals surface area contributed by atoms with Gasteiger partial charge in [0.1, 0.15) is 17.1 Å². The van der Waals surface area contributed by atoms with Crippen LogP contribution in [0.25, 0.3) is 6.08 Å². The number of nitro groups is 1. The van der Waals surface area contributed by atoms with E-state index < -0.39 is 16.4 Å². The molecule has 0 aromatic heterocycles. The quantitative estimate of drug-likeness (QED) is 0.415. The second-order valence-electron chi connectivity index (χ2n) is 7.71. The van der Waals surface area contributed by atoms with Crippen LogP contribution in [-0.4, -0.2) is 46.2 Å². The van der Waals surface area contributed by atoms with Crippen molar-refractivity contribution in [3.63, 3.8) is 0 Å². The molecule has 1 aliphatic heterocycles. The maximum atomic E-state index is 13.5. The number of piperazine rings is 1. The molecule has 0 N–H and O–H groups in total. The number of hydrogen-bond acceptors (Lipinski definition) is 4. The van der Waals surface area contributed by atoms with E-state index in [9.17, 15) is 24.1 Å². The van der Waals surface area contributed by atoms with Crippen molar-refractivity contribution in [2.45, 2.75) is 32.2 Å². The van der Waals surface area contributed by atoms with Crippen molar-refractivity contribution in [1.29, 1.82) is 0 Å². The van der Waals surface area contributed by atoms with Crippen LogP contribution < -0.4 is 0 Å². The van der Waals surface area contributed by atoms with Crippen molar-refractivity contribution in [3.8, 4) is 0 Å². The Bertz CT molecular complexity index is 1080. The van der Waals surface area contributed by atoms with Crippen LogP contribution in [0.4, 0.5) is 10.1 Å². The lowest BCUT2D eigenvalue weighted by molar-refractivity contribution is -0.385. The van der Waals surface area contributed by atoms with Crippen molar-refractivity contribution in [1.82, 2.24) is 9.80 Å². The highest BCUT2D eigenvalue weighted by Crippen LogP contribution is 2.35. The first kappa shape index (κ1) is 22.1. The predicted molar refractivity (Wildman–Crippen MR) is 114 cm³/mol. The molecule has 1 unspecified atom stereocenters. The van der Waals surface area contributed by atoms with Gasteiger partial charge in [-0.3, -0.25) is 19.7 Å². The first-order valence-corrected chi connectivity index (χ1v) is 9.89. The van der Waals surface area contributed by atoms with Crippen LogP contribution in [0.15, 0.2) is 48.2 Å². The van der Waals surface area contributed by atoms with E-state index in [-0.39, 0.29) is 35.1 Å². The Hall–Kier alpha value is -3.55. The summed E-state index contributed by atoms with van der Waals surface area (Å²) in [5.41, 5.74) is 0.420. The first-order valence-electron chi connectivity index (χ1n) is 9.89. The molecule has 0 radical (unpaired) electrons. The highest BCUT2D eigenvalue weighted by molar-refractivity contribution is 6.09. The molecule has 0 aliphatic carbocycles. The molecule has 31 heavy (non-hydrogen) atoms. The van der Waals surface area contributed by atoms with Crippen LogP contribution in [0.5, 0.6) is 0 Å². The molecule has 1 saturated heterocycles. The van der Waals surface area contributed by atoms with Gasteiger partial charge < -0.3 is 9.80 Å². The normalized spacial score (nSPS) is 20.5. The topological polar surface area (TPSA) is 83.8 Å². The number of benzene rings is 2. The minimum Gasteiger partial charge on any atom is -0.325 e. The number of nitro benzene ring substituents is 1. The van der Waals surface area contributed by atoms with E-state index in [0.29, 0.717) is 12.0 Å². The van der Waals surface area contributed by atoms with Gasteiger partial charge in [-0.05, 0) is 42.7 Å². The molecule has 1 fully saturated rings. The molecule has 0 spiro atoms. The lowest BCUT2D eigenvalue weighted by Crippen LogP contribution is -2.65.